The number of aliphatic carboxylic acids is 1. The Morgan fingerprint density at radius 1 is 1.53 bits per heavy atom. The molecule has 0 amide bonds. The number of rotatable bonds is 6. The Balaban J connectivity index is 2.36. The first-order valence-corrected chi connectivity index (χ1v) is 6.67. The molecule has 0 aliphatic carbocycles. The maximum Gasteiger partial charge on any atom is 0.332 e. The molecule has 17 heavy (non-hydrogen) atoms. The average molecular weight is 295 g/mol. The minimum Gasteiger partial charge on any atom is -0.479 e. The topological polar surface area (TPSA) is 46.5 Å². The van der Waals surface area contributed by atoms with Gasteiger partial charge in [0.1, 0.15) is 0 Å². The van der Waals surface area contributed by atoms with Crippen LogP contribution in [-0.4, -0.2) is 29.5 Å². The minimum atomic E-state index is -0.962. The first-order chi connectivity index (χ1) is 8.00. The van der Waals surface area contributed by atoms with E-state index in [0.717, 1.165) is 4.90 Å². The number of carboxylic acids is 1. The van der Waals surface area contributed by atoms with Crippen LogP contribution in [0.2, 0.25) is 10.0 Å². The van der Waals surface area contributed by atoms with Gasteiger partial charge in [-0.05, 0) is 25.1 Å². The molecule has 1 atom stereocenters. The van der Waals surface area contributed by atoms with Gasteiger partial charge in [-0.2, -0.15) is 0 Å². The van der Waals surface area contributed by atoms with Gasteiger partial charge >= 0.3 is 5.97 Å². The quantitative estimate of drug-likeness (QED) is 0.643. The van der Waals surface area contributed by atoms with Crippen molar-refractivity contribution in [3.05, 3.63) is 28.2 Å². The average Bonchev–Trinajstić information content (AvgIpc) is 2.28. The summed E-state index contributed by atoms with van der Waals surface area (Å²) in [6.07, 6.45) is -0.787. The smallest absolute Gasteiger partial charge is 0.332 e. The van der Waals surface area contributed by atoms with Gasteiger partial charge in [-0.25, -0.2) is 4.79 Å². The van der Waals surface area contributed by atoms with Crippen LogP contribution in [0.5, 0.6) is 0 Å². The molecule has 94 valence electrons. The molecule has 0 fully saturated rings. The Morgan fingerprint density at radius 3 is 2.88 bits per heavy atom. The van der Waals surface area contributed by atoms with E-state index < -0.39 is 12.1 Å². The summed E-state index contributed by atoms with van der Waals surface area (Å²) in [5, 5.41) is 9.86. The first kappa shape index (κ1) is 14.6. The van der Waals surface area contributed by atoms with Crippen molar-refractivity contribution in [2.75, 3.05) is 12.4 Å². The summed E-state index contributed by atoms with van der Waals surface area (Å²) in [6, 6.07) is 5.22. The molecule has 1 aromatic carbocycles. The van der Waals surface area contributed by atoms with Crippen LogP contribution >= 0.6 is 35.0 Å². The molecule has 3 nitrogen and oxygen atoms in total. The minimum absolute atomic E-state index is 0.348. The normalized spacial score (nSPS) is 12.4. The second kappa shape index (κ2) is 7.11. The van der Waals surface area contributed by atoms with Crippen LogP contribution in [0.4, 0.5) is 0 Å². The lowest BCUT2D eigenvalue weighted by Gasteiger charge is -2.08. The fourth-order valence-electron chi connectivity index (χ4n) is 1.04. The van der Waals surface area contributed by atoms with E-state index in [0.29, 0.717) is 22.4 Å². The molecule has 0 aliphatic rings. The van der Waals surface area contributed by atoms with Crippen molar-refractivity contribution in [2.45, 2.75) is 17.9 Å². The Morgan fingerprint density at radius 2 is 2.24 bits per heavy atom. The molecular formula is C11H12Cl2O3S. The maximum atomic E-state index is 10.5. The van der Waals surface area contributed by atoms with Crippen molar-refractivity contribution in [3.8, 4) is 0 Å². The fraction of sp³-hybridized carbons (Fsp3) is 0.364. The molecule has 0 radical (unpaired) electrons. The van der Waals surface area contributed by atoms with Crippen LogP contribution in [0.15, 0.2) is 23.1 Å². The molecular weight excluding hydrogens is 283 g/mol. The van der Waals surface area contributed by atoms with Crippen LogP contribution in [0.3, 0.4) is 0 Å². The van der Waals surface area contributed by atoms with E-state index >= 15 is 0 Å². The number of hydrogen-bond acceptors (Lipinski definition) is 3. The van der Waals surface area contributed by atoms with Crippen LogP contribution in [-0.2, 0) is 9.53 Å². The van der Waals surface area contributed by atoms with Crippen molar-refractivity contribution in [1.82, 2.24) is 0 Å². The molecule has 1 rings (SSSR count). The molecule has 0 aromatic heterocycles. The summed E-state index contributed by atoms with van der Waals surface area (Å²) in [5.41, 5.74) is 0. The number of carboxylic acid groups (broad SMARTS) is 1. The highest BCUT2D eigenvalue weighted by atomic mass is 35.5. The highest BCUT2D eigenvalue weighted by Gasteiger charge is 2.10. The second-order valence-corrected chi connectivity index (χ2v) is 5.25. The predicted molar refractivity (Wildman–Crippen MR) is 70.2 cm³/mol. The van der Waals surface area contributed by atoms with E-state index in [1.165, 1.54) is 18.7 Å². The molecule has 6 heteroatoms. The largest absolute Gasteiger partial charge is 0.479 e. The molecule has 0 saturated carbocycles. The van der Waals surface area contributed by atoms with Gasteiger partial charge in [-0.3, -0.25) is 0 Å². The van der Waals surface area contributed by atoms with E-state index in [2.05, 4.69) is 0 Å². The Bertz CT molecular complexity index is 398. The van der Waals surface area contributed by atoms with Crippen LogP contribution in [0.25, 0.3) is 0 Å². The van der Waals surface area contributed by atoms with Crippen LogP contribution < -0.4 is 0 Å². The summed E-state index contributed by atoms with van der Waals surface area (Å²) in [6.45, 7) is 1.85. The van der Waals surface area contributed by atoms with Crippen molar-refractivity contribution in [1.29, 1.82) is 0 Å². The zero-order chi connectivity index (χ0) is 12.8. The zero-order valence-corrected chi connectivity index (χ0v) is 11.5. The number of ether oxygens (including phenoxy) is 1. The van der Waals surface area contributed by atoms with Gasteiger partial charge in [0, 0.05) is 15.7 Å². The van der Waals surface area contributed by atoms with Gasteiger partial charge in [-0.1, -0.05) is 23.2 Å². The third-order valence-electron chi connectivity index (χ3n) is 1.95. The SMILES string of the molecule is C[C@@H](OCCSc1cc(Cl)ccc1Cl)C(=O)O. The second-order valence-electron chi connectivity index (χ2n) is 3.27. The molecule has 0 spiro atoms. The lowest BCUT2D eigenvalue weighted by atomic mass is 10.4. The van der Waals surface area contributed by atoms with Gasteiger partial charge in [0.15, 0.2) is 6.10 Å². The van der Waals surface area contributed by atoms with E-state index in [1.54, 1.807) is 18.2 Å². The highest BCUT2D eigenvalue weighted by molar-refractivity contribution is 7.99. The van der Waals surface area contributed by atoms with E-state index in [9.17, 15) is 4.79 Å². The number of hydrogen-bond donors (Lipinski definition) is 1. The Labute approximate surface area is 114 Å². The summed E-state index contributed by atoms with van der Waals surface area (Å²) in [5.74, 6) is -0.340. The van der Waals surface area contributed by atoms with Crippen molar-refractivity contribution < 1.29 is 14.6 Å². The fourth-order valence-corrected chi connectivity index (χ4v) is 2.37. The van der Waals surface area contributed by atoms with Gasteiger partial charge in [-0.15, -0.1) is 11.8 Å². The van der Waals surface area contributed by atoms with E-state index in [-0.39, 0.29) is 0 Å². The van der Waals surface area contributed by atoms with E-state index in [4.69, 9.17) is 33.0 Å². The molecule has 0 aliphatic heterocycles. The van der Waals surface area contributed by atoms with Crippen LogP contribution in [0, 0.1) is 0 Å². The zero-order valence-electron chi connectivity index (χ0n) is 9.15. The lowest BCUT2D eigenvalue weighted by molar-refractivity contribution is -0.148. The standard InChI is InChI=1S/C11H12Cl2O3S/c1-7(11(14)15)16-4-5-17-10-6-8(12)2-3-9(10)13/h2-3,6-7H,4-5H2,1H3,(H,14,15)/t7-/m1/s1. The molecule has 0 bridgehead atoms. The molecule has 0 heterocycles. The van der Waals surface area contributed by atoms with Gasteiger partial charge in [0.25, 0.3) is 0 Å². The number of benzene rings is 1. The lowest BCUT2D eigenvalue weighted by Crippen LogP contribution is -2.20. The predicted octanol–water partition coefficient (Wildman–Crippen LogP) is 3.58. The molecule has 0 unspecified atom stereocenters. The monoisotopic (exact) mass is 294 g/mol. The molecule has 0 saturated heterocycles. The highest BCUT2D eigenvalue weighted by Crippen LogP contribution is 2.29. The Kier molecular flexibility index (Phi) is 6.12. The number of halogens is 2. The van der Waals surface area contributed by atoms with Crippen molar-refractivity contribution in [2.24, 2.45) is 0 Å². The number of thioether (sulfide) groups is 1. The Hall–Kier alpha value is -0.420. The first-order valence-electron chi connectivity index (χ1n) is 4.93. The summed E-state index contributed by atoms with van der Waals surface area (Å²) in [7, 11) is 0. The third kappa shape index (κ3) is 5.17. The van der Waals surface area contributed by atoms with E-state index in [1.807, 2.05) is 0 Å². The van der Waals surface area contributed by atoms with Gasteiger partial charge < -0.3 is 9.84 Å². The molecule has 1 N–H and O–H groups in total. The molecule has 1 aromatic rings. The summed E-state index contributed by atoms with van der Waals surface area (Å²) in [4.78, 5) is 11.4. The van der Waals surface area contributed by atoms with Crippen molar-refractivity contribution >= 4 is 40.9 Å². The van der Waals surface area contributed by atoms with Crippen LogP contribution in [0.1, 0.15) is 6.92 Å². The van der Waals surface area contributed by atoms with Crippen molar-refractivity contribution in [3.63, 3.8) is 0 Å². The summed E-state index contributed by atoms with van der Waals surface area (Å²) < 4.78 is 5.10. The van der Waals surface area contributed by atoms with Gasteiger partial charge in [0.05, 0.1) is 11.6 Å². The third-order valence-corrected chi connectivity index (χ3v) is 3.65. The maximum absolute atomic E-state index is 10.5. The number of carbonyl (C=O) groups is 1. The summed E-state index contributed by atoms with van der Waals surface area (Å²) >= 11 is 13.3. The van der Waals surface area contributed by atoms with Gasteiger partial charge in [0.2, 0.25) is 0 Å².